The van der Waals surface area contributed by atoms with E-state index in [1.54, 1.807) is 29.9 Å². The first kappa shape index (κ1) is 22.6. The largest absolute Gasteiger partial charge is 0.368 e. The fraction of sp³-hybridized carbons (Fsp3) is 0.619. The number of carbonyl (C=O) groups is 4. The van der Waals surface area contributed by atoms with Crippen LogP contribution in [0.1, 0.15) is 49.0 Å². The Labute approximate surface area is 182 Å². The summed E-state index contributed by atoms with van der Waals surface area (Å²) in [6, 6.07) is 2.17. The Bertz CT molecular complexity index is 832. The summed E-state index contributed by atoms with van der Waals surface area (Å²) < 4.78 is 1.69. The Kier molecular flexibility index (Phi) is 7.19. The highest BCUT2D eigenvalue weighted by atomic mass is 16.2. The molecule has 3 rings (SSSR count). The number of likely N-dealkylation sites (N-methyl/N-ethyl adjacent to an activating group) is 1. The standard InChI is InChI=1S/C21H32N6O4/c1-25-10-6-9-16(25)20(30)27-12-15(11-17(27)19(29)26(2)13-18(22)28)24-21(31)23-14-7-4-3-5-8-14/h6,9-10,14-15,17H,3-5,7-8,11-13H2,1-2H3,(H2,22,28)(H2,23,24,31)/t15-,17-/m0/s1. The summed E-state index contributed by atoms with van der Waals surface area (Å²) in [4.78, 5) is 52.6. The van der Waals surface area contributed by atoms with Gasteiger partial charge in [-0.25, -0.2) is 4.79 Å². The van der Waals surface area contributed by atoms with Crippen LogP contribution in [0.4, 0.5) is 4.79 Å². The molecule has 5 amide bonds. The molecule has 1 aliphatic carbocycles. The van der Waals surface area contributed by atoms with Crippen molar-refractivity contribution < 1.29 is 19.2 Å². The van der Waals surface area contributed by atoms with Gasteiger partial charge in [-0.2, -0.15) is 0 Å². The van der Waals surface area contributed by atoms with Crippen LogP contribution in [0.3, 0.4) is 0 Å². The van der Waals surface area contributed by atoms with Crippen molar-refractivity contribution in [1.82, 2.24) is 25.0 Å². The number of urea groups is 1. The molecule has 2 heterocycles. The number of rotatable bonds is 6. The lowest BCUT2D eigenvalue weighted by molar-refractivity contribution is -0.137. The van der Waals surface area contributed by atoms with Crippen molar-refractivity contribution in [2.45, 2.75) is 56.7 Å². The maximum Gasteiger partial charge on any atom is 0.315 e. The summed E-state index contributed by atoms with van der Waals surface area (Å²) >= 11 is 0. The maximum atomic E-state index is 13.2. The van der Waals surface area contributed by atoms with E-state index in [4.69, 9.17) is 5.73 Å². The van der Waals surface area contributed by atoms with E-state index in [2.05, 4.69) is 10.6 Å². The van der Waals surface area contributed by atoms with E-state index in [-0.39, 0.29) is 49.4 Å². The normalized spacial score (nSPS) is 21.5. The highest BCUT2D eigenvalue weighted by Crippen LogP contribution is 2.23. The van der Waals surface area contributed by atoms with Crippen molar-refractivity contribution >= 4 is 23.8 Å². The van der Waals surface area contributed by atoms with Crippen molar-refractivity contribution in [3.63, 3.8) is 0 Å². The monoisotopic (exact) mass is 432 g/mol. The summed E-state index contributed by atoms with van der Waals surface area (Å²) in [7, 11) is 3.24. The van der Waals surface area contributed by atoms with E-state index in [0.717, 1.165) is 25.7 Å². The third-order valence-electron chi connectivity index (χ3n) is 6.05. The molecule has 170 valence electrons. The molecule has 0 bridgehead atoms. The summed E-state index contributed by atoms with van der Waals surface area (Å²) in [5.74, 6) is -1.30. The second-order valence-corrected chi connectivity index (χ2v) is 8.52. The van der Waals surface area contributed by atoms with Crippen LogP contribution in [0.5, 0.6) is 0 Å². The molecule has 31 heavy (non-hydrogen) atoms. The molecule has 0 spiro atoms. The third-order valence-corrected chi connectivity index (χ3v) is 6.05. The van der Waals surface area contributed by atoms with E-state index in [1.807, 2.05) is 0 Å². The van der Waals surface area contributed by atoms with Gasteiger partial charge in [-0.3, -0.25) is 14.4 Å². The van der Waals surface area contributed by atoms with Crippen LogP contribution in [0.25, 0.3) is 0 Å². The Hall–Kier alpha value is -3.04. The summed E-state index contributed by atoms with van der Waals surface area (Å²) in [6.45, 7) is -0.0231. The second kappa shape index (κ2) is 9.84. The number of hydrogen-bond acceptors (Lipinski definition) is 4. The van der Waals surface area contributed by atoms with Crippen molar-refractivity contribution in [3.05, 3.63) is 24.0 Å². The number of nitrogens with one attached hydrogen (secondary N) is 2. The van der Waals surface area contributed by atoms with Gasteiger partial charge in [-0.1, -0.05) is 19.3 Å². The van der Waals surface area contributed by atoms with Crippen molar-refractivity contribution in [1.29, 1.82) is 0 Å². The van der Waals surface area contributed by atoms with Gasteiger partial charge in [0.05, 0.1) is 12.6 Å². The predicted octanol–water partition coefficient (Wildman–Crippen LogP) is 0.184. The Morgan fingerprint density at radius 2 is 1.81 bits per heavy atom. The fourth-order valence-corrected chi connectivity index (χ4v) is 4.45. The van der Waals surface area contributed by atoms with Gasteiger partial charge in [0, 0.05) is 32.9 Å². The number of aromatic nitrogens is 1. The van der Waals surface area contributed by atoms with Gasteiger partial charge in [0.15, 0.2) is 0 Å². The van der Waals surface area contributed by atoms with Crippen LogP contribution in [0.2, 0.25) is 0 Å². The number of nitrogens with two attached hydrogens (primary N) is 1. The van der Waals surface area contributed by atoms with E-state index in [1.165, 1.54) is 23.3 Å². The molecule has 0 aromatic carbocycles. The molecular weight excluding hydrogens is 400 g/mol. The number of amides is 5. The van der Waals surface area contributed by atoms with Crippen LogP contribution in [0.15, 0.2) is 18.3 Å². The molecule has 10 heteroatoms. The lowest BCUT2D eigenvalue weighted by atomic mass is 9.96. The molecule has 4 N–H and O–H groups in total. The number of carbonyl (C=O) groups excluding carboxylic acids is 4. The second-order valence-electron chi connectivity index (χ2n) is 8.52. The Morgan fingerprint density at radius 3 is 2.42 bits per heavy atom. The third kappa shape index (κ3) is 5.56. The smallest absolute Gasteiger partial charge is 0.315 e. The van der Waals surface area contributed by atoms with Gasteiger partial charge in [-0.05, 0) is 31.4 Å². The van der Waals surface area contributed by atoms with Crippen molar-refractivity contribution in [2.24, 2.45) is 12.8 Å². The highest BCUT2D eigenvalue weighted by Gasteiger charge is 2.42. The average molecular weight is 433 g/mol. The quantitative estimate of drug-likeness (QED) is 0.592. The maximum absolute atomic E-state index is 13.2. The minimum atomic E-state index is -0.785. The van der Waals surface area contributed by atoms with Crippen LogP contribution >= 0.6 is 0 Å². The molecule has 1 saturated heterocycles. The lowest BCUT2D eigenvalue weighted by Gasteiger charge is -2.27. The van der Waals surface area contributed by atoms with Crippen LogP contribution < -0.4 is 16.4 Å². The highest BCUT2D eigenvalue weighted by molar-refractivity contribution is 5.97. The van der Waals surface area contributed by atoms with E-state index >= 15 is 0 Å². The molecule has 0 radical (unpaired) electrons. The Balaban J connectivity index is 1.70. The van der Waals surface area contributed by atoms with Crippen molar-refractivity contribution in [3.8, 4) is 0 Å². The number of hydrogen-bond donors (Lipinski definition) is 3. The topological polar surface area (TPSA) is 130 Å². The zero-order chi connectivity index (χ0) is 22.5. The molecule has 1 saturated carbocycles. The lowest BCUT2D eigenvalue weighted by Crippen LogP contribution is -2.48. The van der Waals surface area contributed by atoms with Gasteiger partial charge in [0.2, 0.25) is 11.8 Å². The first-order chi connectivity index (χ1) is 14.8. The number of likely N-dealkylation sites (tertiary alicyclic amines) is 1. The molecule has 2 aliphatic rings. The molecule has 1 aromatic rings. The van der Waals surface area contributed by atoms with Gasteiger partial charge < -0.3 is 30.7 Å². The summed E-state index contributed by atoms with van der Waals surface area (Å²) in [5.41, 5.74) is 5.67. The van der Waals surface area contributed by atoms with E-state index < -0.39 is 11.9 Å². The molecular formula is C21H32N6O4. The molecule has 10 nitrogen and oxygen atoms in total. The molecule has 2 atom stereocenters. The first-order valence-corrected chi connectivity index (χ1v) is 10.8. The van der Waals surface area contributed by atoms with Crippen LogP contribution in [-0.4, -0.2) is 76.4 Å². The van der Waals surface area contributed by atoms with Gasteiger partial charge in [0.25, 0.3) is 5.91 Å². The minimum Gasteiger partial charge on any atom is -0.368 e. The first-order valence-electron chi connectivity index (χ1n) is 10.8. The molecule has 1 aliphatic heterocycles. The fourth-order valence-electron chi connectivity index (χ4n) is 4.45. The van der Waals surface area contributed by atoms with E-state index in [0.29, 0.717) is 5.69 Å². The zero-order valence-electron chi connectivity index (χ0n) is 18.2. The number of primary amides is 1. The van der Waals surface area contributed by atoms with Gasteiger partial charge in [0.1, 0.15) is 11.7 Å². The number of nitrogens with zero attached hydrogens (tertiary/aromatic N) is 3. The molecule has 0 unspecified atom stereocenters. The molecule has 2 fully saturated rings. The van der Waals surface area contributed by atoms with Gasteiger partial charge in [-0.15, -0.1) is 0 Å². The van der Waals surface area contributed by atoms with Gasteiger partial charge >= 0.3 is 6.03 Å². The minimum absolute atomic E-state index is 0.162. The predicted molar refractivity (Wildman–Crippen MR) is 114 cm³/mol. The average Bonchev–Trinajstić information content (AvgIpc) is 3.33. The summed E-state index contributed by atoms with van der Waals surface area (Å²) in [5, 5.41) is 5.93. The number of aryl methyl sites for hydroxylation is 1. The molecule has 1 aromatic heterocycles. The SMILES string of the molecule is CN(CC(N)=O)C(=O)[C@@H]1C[C@H](NC(=O)NC2CCCCC2)CN1C(=O)c1cccn1C. The Morgan fingerprint density at radius 1 is 1.13 bits per heavy atom. The van der Waals surface area contributed by atoms with Crippen LogP contribution in [-0.2, 0) is 16.6 Å². The zero-order valence-corrected chi connectivity index (χ0v) is 18.2. The van der Waals surface area contributed by atoms with Crippen molar-refractivity contribution in [2.75, 3.05) is 20.1 Å². The van der Waals surface area contributed by atoms with E-state index in [9.17, 15) is 19.2 Å². The summed E-state index contributed by atoms with van der Waals surface area (Å²) in [6.07, 6.45) is 7.38. The van der Waals surface area contributed by atoms with Crippen LogP contribution in [0, 0.1) is 0 Å².